The standard InChI is InChI=1S/C25H30FN5O3S/c26-22-2-1-18(34-14-19-3-6-33-19)11-20(22)21-13-31(25-23(21)24(27)28-15-29-25)17-9-16(10-17)12-30-4-7-35(32)8-5-30/h1-2,11,13,15-17,19H,3-10,12,14H2,(H2,27,28,29). The molecule has 2 aliphatic heterocycles. The number of benzene rings is 1. The van der Waals surface area contributed by atoms with Crippen molar-refractivity contribution in [3.05, 3.63) is 36.5 Å². The first-order valence-corrected chi connectivity index (χ1v) is 13.8. The lowest BCUT2D eigenvalue weighted by Gasteiger charge is -2.40. The van der Waals surface area contributed by atoms with Gasteiger partial charge in [-0.05, 0) is 37.0 Å². The Hall–Kier alpha value is -2.56. The minimum atomic E-state index is -0.653. The second-order valence-corrected chi connectivity index (χ2v) is 11.5. The third kappa shape index (κ3) is 4.54. The van der Waals surface area contributed by atoms with Gasteiger partial charge in [0.1, 0.15) is 36.0 Å². The Balaban J connectivity index is 1.24. The van der Waals surface area contributed by atoms with Crippen LogP contribution in [0, 0.1) is 11.7 Å². The van der Waals surface area contributed by atoms with Gasteiger partial charge in [0.2, 0.25) is 0 Å². The highest BCUT2D eigenvalue weighted by molar-refractivity contribution is 7.85. The average molecular weight is 500 g/mol. The van der Waals surface area contributed by atoms with Crippen LogP contribution >= 0.6 is 0 Å². The van der Waals surface area contributed by atoms with Gasteiger partial charge in [-0.2, -0.15) is 0 Å². The van der Waals surface area contributed by atoms with Crippen LogP contribution in [0.1, 0.15) is 25.3 Å². The number of rotatable bonds is 7. The lowest BCUT2D eigenvalue weighted by molar-refractivity contribution is -0.0720. The minimum Gasteiger partial charge on any atom is -0.491 e. The van der Waals surface area contributed by atoms with Crippen molar-refractivity contribution in [3.8, 4) is 16.9 Å². The lowest BCUT2D eigenvalue weighted by Crippen LogP contribution is -2.43. The van der Waals surface area contributed by atoms with E-state index in [4.69, 9.17) is 15.2 Å². The van der Waals surface area contributed by atoms with Crippen LogP contribution in [-0.2, 0) is 15.5 Å². The summed E-state index contributed by atoms with van der Waals surface area (Å²) in [4.78, 5) is 11.1. The summed E-state index contributed by atoms with van der Waals surface area (Å²) in [6.45, 7) is 4.09. The maximum atomic E-state index is 15.0. The summed E-state index contributed by atoms with van der Waals surface area (Å²) in [5, 5.41) is 0.674. The largest absolute Gasteiger partial charge is 0.491 e. The molecule has 6 rings (SSSR count). The third-order valence-electron chi connectivity index (χ3n) is 7.49. The normalized spacial score (nSPS) is 25.3. The quantitative estimate of drug-likeness (QED) is 0.534. The Morgan fingerprint density at radius 2 is 2.00 bits per heavy atom. The molecule has 1 saturated carbocycles. The molecular weight excluding hydrogens is 469 g/mol. The number of ether oxygens (including phenoxy) is 2. The molecule has 3 aromatic rings. The average Bonchev–Trinajstić information content (AvgIpc) is 3.17. The van der Waals surface area contributed by atoms with Crippen LogP contribution in [-0.4, -0.2) is 74.1 Å². The van der Waals surface area contributed by atoms with Gasteiger partial charge >= 0.3 is 0 Å². The molecule has 186 valence electrons. The summed E-state index contributed by atoms with van der Waals surface area (Å²) in [6.07, 6.45) is 6.58. The zero-order valence-electron chi connectivity index (χ0n) is 19.6. The van der Waals surface area contributed by atoms with Crippen LogP contribution in [0.5, 0.6) is 5.75 Å². The smallest absolute Gasteiger partial charge is 0.146 e. The molecule has 8 nitrogen and oxygen atoms in total. The Bertz CT molecular complexity index is 1250. The van der Waals surface area contributed by atoms with Gasteiger partial charge in [-0.1, -0.05) is 0 Å². The van der Waals surface area contributed by atoms with E-state index < -0.39 is 10.8 Å². The van der Waals surface area contributed by atoms with E-state index in [1.165, 1.54) is 12.4 Å². The summed E-state index contributed by atoms with van der Waals surface area (Å²) < 4.78 is 40.1. The predicted molar refractivity (Wildman–Crippen MR) is 133 cm³/mol. The molecule has 0 radical (unpaired) electrons. The van der Waals surface area contributed by atoms with Crippen LogP contribution < -0.4 is 10.5 Å². The number of halogens is 1. The van der Waals surface area contributed by atoms with Crippen LogP contribution in [0.2, 0.25) is 0 Å². The van der Waals surface area contributed by atoms with E-state index in [1.54, 1.807) is 12.1 Å². The van der Waals surface area contributed by atoms with E-state index in [1.807, 2.05) is 6.20 Å². The number of nitrogens with two attached hydrogens (primary N) is 1. The molecule has 2 aromatic heterocycles. The maximum Gasteiger partial charge on any atom is 0.146 e. The number of hydrogen-bond acceptors (Lipinski definition) is 7. The highest BCUT2D eigenvalue weighted by atomic mass is 32.2. The molecule has 0 bridgehead atoms. The fraction of sp³-hybridized carbons (Fsp3) is 0.520. The molecule has 1 atom stereocenters. The highest BCUT2D eigenvalue weighted by Gasteiger charge is 2.34. The number of nitrogens with zero attached hydrogens (tertiary/aromatic N) is 4. The van der Waals surface area contributed by atoms with Crippen LogP contribution in [0.15, 0.2) is 30.7 Å². The first kappa shape index (κ1) is 22.9. The van der Waals surface area contributed by atoms with Crippen molar-refractivity contribution in [1.82, 2.24) is 19.4 Å². The number of hydrogen-bond donors (Lipinski definition) is 1. The van der Waals surface area contributed by atoms with Crippen molar-refractivity contribution in [2.45, 2.75) is 31.4 Å². The molecule has 1 aromatic carbocycles. The first-order valence-electron chi connectivity index (χ1n) is 12.3. The molecule has 10 heteroatoms. The van der Waals surface area contributed by atoms with Gasteiger partial charge in [-0.15, -0.1) is 0 Å². The van der Waals surface area contributed by atoms with Crippen molar-refractivity contribution < 1.29 is 18.1 Å². The fourth-order valence-corrected chi connectivity index (χ4v) is 6.42. The van der Waals surface area contributed by atoms with Crippen molar-refractivity contribution >= 4 is 27.7 Å². The van der Waals surface area contributed by atoms with E-state index in [2.05, 4.69) is 19.4 Å². The van der Waals surface area contributed by atoms with Crippen LogP contribution in [0.3, 0.4) is 0 Å². The van der Waals surface area contributed by atoms with E-state index in [-0.39, 0.29) is 18.0 Å². The molecule has 1 unspecified atom stereocenters. The SMILES string of the molecule is Nc1ncnc2c1c(-c1cc(OCC3CCO3)ccc1F)cn2C1CC(CN2CCS(=O)CC2)C1. The maximum absolute atomic E-state index is 15.0. The van der Waals surface area contributed by atoms with Gasteiger partial charge in [-0.25, -0.2) is 14.4 Å². The Kier molecular flexibility index (Phi) is 6.19. The van der Waals surface area contributed by atoms with Crippen molar-refractivity contribution in [2.75, 3.05) is 50.1 Å². The molecule has 0 amide bonds. The number of anilines is 1. The second-order valence-electron chi connectivity index (χ2n) is 9.78. The van der Waals surface area contributed by atoms with Gasteiger partial charge in [0.25, 0.3) is 0 Å². The molecule has 0 spiro atoms. The summed E-state index contributed by atoms with van der Waals surface area (Å²) >= 11 is 0. The molecule has 2 N–H and O–H groups in total. The van der Waals surface area contributed by atoms with Gasteiger partial charge in [0, 0.05) is 78.3 Å². The first-order chi connectivity index (χ1) is 17.0. The zero-order chi connectivity index (χ0) is 23.9. The molecular formula is C25H30FN5O3S. The fourth-order valence-electron chi connectivity index (χ4n) is 5.30. The van der Waals surface area contributed by atoms with E-state index >= 15 is 4.39 Å². The van der Waals surface area contributed by atoms with Gasteiger partial charge in [0.05, 0.1) is 11.5 Å². The zero-order valence-corrected chi connectivity index (χ0v) is 20.4. The summed E-state index contributed by atoms with van der Waals surface area (Å²) in [7, 11) is -0.653. The lowest BCUT2D eigenvalue weighted by atomic mass is 9.79. The van der Waals surface area contributed by atoms with Crippen LogP contribution in [0.4, 0.5) is 10.2 Å². The third-order valence-corrected chi connectivity index (χ3v) is 8.76. The summed E-state index contributed by atoms with van der Waals surface area (Å²) in [6, 6.07) is 5.08. The topological polar surface area (TPSA) is 95.5 Å². The number of nitrogen functional groups attached to an aromatic ring is 1. The predicted octanol–water partition coefficient (Wildman–Crippen LogP) is 3.00. The Morgan fingerprint density at radius 3 is 2.74 bits per heavy atom. The molecule has 3 aliphatic rings. The molecule has 35 heavy (non-hydrogen) atoms. The van der Waals surface area contributed by atoms with Crippen LogP contribution in [0.25, 0.3) is 22.2 Å². The molecule has 2 saturated heterocycles. The summed E-state index contributed by atoms with van der Waals surface area (Å²) in [5.74, 6) is 2.75. The second kappa shape index (κ2) is 9.48. The van der Waals surface area contributed by atoms with Crippen molar-refractivity contribution in [2.24, 2.45) is 5.92 Å². The Morgan fingerprint density at radius 1 is 1.20 bits per heavy atom. The number of aromatic nitrogens is 3. The van der Waals surface area contributed by atoms with Gasteiger partial charge < -0.3 is 24.7 Å². The van der Waals surface area contributed by atoms with Gasteiger partial charge in [-0.3, -0.25) is 4.21 Å². The summed E-state index contributed by atoms with van der Waals surface area (Å²) in [5.41, 5.74) is 8.12. The van der Waals surface area contributed by atoms with E-state index in [0.29, 0.717) is 40.6 Å². The highest BCUT2D eigenvalue weighted by Crippen LogP contribution is 2.44. The number of fused-ring (bicyclic) bond motifs is 1. The monoisotopic (exact) mass is 499 g/mol. The minimum absolute atomic E-state index is 0.105. The van der Waals surface area contributed by atoms with Gasteiger partial charge in [0.15, 0.2) is 0 Å². The van der Waals surface area contributed by atoms with Crippen molar-refractivity contribution in [1.29, 1.82) is 0 Å². The van der Waals surface area contributed by atoms with E-state index in [0.717, 1.165) is 62.7 Å². The van der Waals surface area contributed by atoms with Crippen molar-refractivity contribution in [3.63, 3.8) is 0 Å². The molecule has 1 aliphatic carbocycles. The Labute approximate surface area is 206 Å². The van der Waals surface area contributed by atoms with E-state index in [9.17, 15) is 4.21 Å². The molecule has 3 fully saturated rings. The molecule has 4 heterocycles.